The minimum atomic E-state index is -0.691. The van der Waals surface area contributed by atoms with Crippen molar-refractivity contribution in [3.05, 3.63) is 55.1 Å². The van der Waals surface area contributed by atoms with Crippen molar-refractivity contribution in [2.24, 2.45) is 10.9 Å². The van der Waals surface area contributed by atoms with E-state index in [-0.39, 0.29) is 11.7 Å². The Balaban J connectivity index is 2.25. The molecule has 110 valence electrons. The van der Waals surface area contributed by atoms with E-state index in [1.807, 2.05) is 18.2 Å². The van der Waals surface area contributed by atoms with Crippen LogP contribution in [0.15, 0.2) is 49.8 Å². The molecule has 1 atom stereocenters. The monoisotopic (exact) mass is 431 g/mol. The van der Waals surface area contributed by atoms with Crippen LogP contribution >= 0.6 is 43.2 Å². The van der Waals surface area contributed by atoms with E-state index in [0.717, 1.165) is 13.8 Å². The van der Waals surface area contributed by atoms with E-state index in [4.69, 9.17) is 10.9 Å². The van der Waals surface area contributed by atoms with E-state index >= 15 is 0 Å². The molecule has 0 saturated heterocycles. The van der Waals surface area contributed by atoms with Crippen LogP contribution in [0, 0.1) is 0 Å². The summed E-state index contributed by atoms with van der Waals surface area (Å²) in [5, 5.41) is 14.7. The molecule has 0 aliphatic heterocycles. The van der Waals surface area contributed by atoms with E-state index in [0.29, 0.717) is 4.88 Å². The van der Waals surface area contributed by atoms with Gasteiger partial charge in [-0.1, -0.05) is 35.5 Å². The fourth-order valence-electron chi connectivity index (χ4n) is 1.69. The van der Waals surface area contributed by atoms with Crippen LogP contribution in [0.1, 0.15) is 21.3 Å². The van der Waals surface area contributed by atoms with E-state index in [9.17, 15) is 4.79 Å². The Kier molecular flexibility index (Phi) is 5.38. The number of nitrogens with one attached hydrogen (secondary N) is 1. The zero-order chi connectivity index (χ0) is 15.4. The predicted molar refractivity (Wildman–Crippen MR) is 89.8 cm³/mol. The number of nitrogens with two attached hydrogens (primary N) is 1. The van der Waals surface area contributed by atoms with Gasteiger partial charge in [-0.05, 0) is 43.5 Å². The summed E-state index contributed by atoms with van der Waals surface area (Å²) in [4.78, 5) is 12.8. The Morgan fingerprint density at radius 1 is 1.33 bits per heavy atom. The van der Waals surface area contributed by atoms with Gasteiger partial charge in [-0.25, -0.2) is 0 Å². The number of carbonyl (C=O) groups excluding carboxylic acids is 1. The number of carbonyl (C=O) groups is 1. The molecule has 1 aromatic heterocycles. The lowest BCUT2D eigenvalue weighted by Crippen LogP contribution is -2.37. The first kappa shape index (κ1) is 16.0. The van der Waals surface area contributed by atoms with Gasteiger partial charge in [-0.15, -0.1) is 11.3 Å². The second-order valence-corrected chi connectivity index (χ2v) is 7.30. The highest BCUT2D eigenvalue weighted by Crippen LogP contribution is 2.32. The van der Waals surface area contributed by atoms with Crippen molar-refractivity contribution in [1.82, 2.24) is 5.32 Å². The molecule has 0 fully saturated rings. The van der Waals surface area contributed by atoms with Crippen molar-refractivity contribution < 1.29 is 10.0 Å². The maximum Gasteiger partial charge on any atom is 0.262 e. The number of halogens is 2. The lowest BCUT2D eigenvalue weighted by atomic mass is 10.1. The molecular formula is C13H11Br2N3O2S. The van der Waals surface area contributed by atoms with Gasteiger partial charge < -0.3 is 16.3 Å². The summed E-state index contributed by atoms with van der Waals surface area (Å²) in [6.07, 6.45) is 0. The molecule has 0 aliphatic rings. The number of hydrogen-bond donors (Lipinski definition) is 3. The number of amidine groups is 1. The molecule has 1 aromatic carbocycles. The van der Waals surface area contributed by atoms with Gasteiger partial charge >= 0.3 is 0 Å². The van der Waals surface area contributed by atoms with Crippen LogP contribution in [-0.4, -0.2) is 17.0 Å². The van der Waals surface area contributed by atoms with Gasteiger partial charge in [0.15, 0.2) is 5.84 Å². The molecule has 2 rings (SSSR count). The van der Waals surface area contributed by atoms with Crippen molar-refractivity contribution in [1.29, 1.82) is 0 Å². The van der Waals surface area contributed by atoms with Crippen LogP contribution in [0.25, 0.3) is 0 Å². The first-order chi connectivity index (χ1) is 10.0. The molecule has 5 nitrogen and oxygen atoms in total. The van der Waals surface area contributed by atoms with Crippen molar-refractivity contribution in [3.8, 4) is 0 Å². The average Bonchev–Trinajstić information content (AvgIpc) is 2.84. The third-order valence-corrected chi connectivity index (χ3v) is 5.94. The third-order valence-electron chi connectivity index (χ3n) is 2.69. The summed E-state index contributed by atoms with van der Waals surface area (Å²) >= 11 is 7.97. The van der Waals surface area contributed by atoms with Crippen molar-refractivity contribution in [2.75, 3.05) is 0 Å². The fraction of sp³-hybridized carbons (Fsp3) is 0.0769. The number of nitrogens with zero attached hydrogens (tertiary/aromatic N) is 1. The Morgan fingerprint density at radius 2 is 2.00 bits per heavy atom. The Bertz CT molecular complexity index is 654. The molecule has 2 aromatic rings. The molecule has 1 amide bonds. The highest BCUT2D eigenvalue weighted by molar-refractivity contribution is 9.13. The van der Waals surface area contributed by atoms with Gasteiger partial charge in [0.25, 0.3) is 5.91 Å². The maximum atomic E-state index is 12.3. The zero-order valence-electron chi connectivity index (χ0n) is 10.6. The summed E-state index contributed by atoms with van der Waals surface area (Å²) in [6, 6.07) is 10.1. The van der Waals surface area contributed by atoms with E-state index < -0.39 is 6.04 Å². The average molecular weight is 433 g/mol. The lowest BCUT2D eigenvalue weighted by Gasteiger charge is -2.17. The van der Waals surface area contributed by atoms with Gasteiger partial charge in [0.05, 0.1) is 8.66 Å². The van der Waals surface area contributed by atoms with Crippen LogP contribution in [0.3, 0.4) is 0 Å². The van der Waals surface area contributed by atoms with Gasteiger partial charge in [-0.2, -0.15) is 0 Å². The number of benzene rings is 1. The number of oxime groups is 1. The van der Waals surface area contributed by atoms with Gasteiger partial charge in [0.1, 0.15) is 6.04 Å². The number of hydrogen-bond acceptors (Lipinski definition) is 4. The molecule has 8 heteroatoms. The van der Waals surface area contributed by atoms with E-state index in [1.54, 1.807) is 18.2 Å². The molecule has 0 aliphatic carbocycles. The normalized spacial score (nSPS) is 13.0. The molecule has 1 heterocycles. The van der Waals surface area contributed by atoms with Crippen LogP contribution in [0.2, 0.25) is 0 Å². The minimum Gasteiger partial charge on any atom is -0.409 e. The SMILES string of the molecule is N/C(=N/O)C(NC(=O)c1cc(Br)c(Br)s1)c1ccccc1. The Morgan fingerprint density at radius 3 is 2.52 bits per heavy atom. The fourth-order valence-corrected chi connectivity index (χ4v) is 3.63. The Hall–Kier alpha value is -1.38. The smallest absolute Gasteiger partial charge is 0.262 e. The molecule has 0 saturated carbocycles. The first-order valence-corrected chi connectivity index (χ1v) is 8.21. The number of amides is 1. The minimum absolute atomic E-state index is 0.0794. The van der Waals surface area contributed by atoms with E-state index in [2.05, 4.69) is 42.3 Å². The van der Waals surface area contributed by atoms with Crippen LogP contribution in [-0.2, 0) is 0 Å². The Labute approximate surface area is 142 Å². The molecule has 1 unspecified atom stereocenters. The van der Waals surface area contributed by atoms with Crippen molar-refractivity contribution in [2.45, 2.75) is 6.04 Å². The number of thiophene rings is 1. The largest absolute Gasteiger partial charge is 0.409 e. The summed E-state index contributed by atoms with van der Waals surface area (Å²) in [5.41, 5.74) is 6.41. The molecule has 0 bridgehead atoms. The standard InChI is InChI=1S/C13H11Br2N3O2S/c14-8-6-9(21-11(8)15)13(19)17-10(12(16)18-20)7-4-2-1-3-5-7/h1-6,10,20H,(H2,16,18)(H,17,19). The molecule has 0 spiro atoms. The molecule has 21 heavy (non-hydrogen) atoms. The second-order valence-electron chi connectivity index (χ2n) is 4.07. The quantitative estimate of drug-likeness (QED) is 0.299. The van der Waals surface area contributed by atoms with Crippen molar-refractivity contribution in [3.63, 3.8) is 0 Å². The molecule has 4 N–H and O–H groups in total. The van der Waals surface area contributed by atoms with Crippen LogP contribution in [0.5, 0.6) is 0 Å². The van der Waals surface area contributed by atoms with Crippen molar-refractivity contribution >= 4 is 54.9 Å². The van der Waals surface area contributed by atoms with Gasteiger partial charge in [0, 0.05) is 4.47 Å². The highest BCUT2D eigenvalue weighted by atomic mass is 79.9. The number of rotatable bonds is 4. The van der Waals surface area contributed by atoms with Crippen LogP contribution in [0.4, 0.5) is 0 Å². The summed E-state index contributed by atoms with van der Waals surface area (Å²) in [6.45, 7) is 0. The summed E-state index contributed by atoms with van der Waals surface area (Å²) < 4.78 is 1.63. The predicted octanol–water partition coefficient (Wildman–Crippen LogP) is 3.49. The zero-order valence-corrected chi connectivity index (χ0v) is 14.6. The lowest BCUT2D eigenvalue weighted by molar-refractivity contribution is 0.0950. The topological polar surface area (TPSA) is 87.7 Å². The second kappa shape index (κ2) is 7.06. The van der Waals surface area contributed by atoms with E-state index in [1.165, 1.54) is 11.3 Å². The van der Waals surface area contributed by atoms with Gasteiger partial charge in [0.2, 0.25) is 0 Å². The first-order valence-electron chi connectivity index (χ1n) is 5.81. The third kappa shape index (κ3) is 3.84. The molecule has 0 radical (unpaired) electrons. The summed E-state index contributed by atoms with van der Waals surface area (Å²) in [5.74, 6) is -0.379. The summed E-state index contributed by atoms with van der Waals surface area (Å²) in [7, 11) is 0. The van der Waals surface area contributed by atoms with Crippen LogP contribution < -0.4 is 11.1 Å². The molecular weight excluding hydrogens is 422 g/mol. The maximum absolute atomic E-state index is 12.3. The highest BCUT2D eigenvalue weighted by Gasteiger charge is 2.21. The van der Waals surface area contributed by atoms with Gasteiger partial charge in [-0.3, -0.25) is 4.79 Å².